The quantitative estimate of drug-likeness (QED) is 0.117. The van der Waals surface area contributed by atoms with Crippen LogP contribution < -0.4 is 14.8 Å². The maximum absolute atomic E-state index is 14.6. The summed E-state index contributed by atoms with van der Waals surface area (Å²) in [6.45, 7) is 8.43. The molecule has 1 aromatic heterocycles. The van der Waals surface area contributed by atoms with Crippen LogP contribution in [0.2, 0.25) is 0 Å². The van der Waals surface area contributed by atoms with E-state index in [1.807, 2.05) is 68.4 Å². The summed E-state index contributed by atoms with van der Waals surface area (Å²) in [6.07, 6.45) is 6.04. The number of hydrogen-bond acceptors (Lipinski definition) is 7. The van der Waals surface area contributed by atoms with Gasteiger partial charge in [-0.15, -0.1) is 11.3 Å². The normalized spacial score (nSPS) is 23.3. The Morgan fingerprint density at radius 3 is 2.55 bits per heavy atom. The molecular formula is C44H54N2O6S. The molecule has 9 heteroatoms. The molecule has 3 aromatic carbocycles. The summed E-state index contributed by atoms with van der Waals surface area (Å²) in [6, 6.07) is 21.3. The molecule has 1 saturated carbocycles. The van der Waals surface area contributed by atoms with E-state index >= 15 is 0 Å². The van der Waals surface area contributed by atoms with Crippen molar-refractivity contribution < 1.29 is 29.3 Å². The Kier molecular flexibility index (Phi) is 11.7. The Bertz CT molecular complexity index is 1950. The summed E-state index contributed by atoms with van der Waals surface area (Å²) >= 11 is 1.50. The number of ketones is 1. The maximum Gasteiger partial charge on any atom is 0.317 e. The topological polar surface area (TPSA) is 108 Å². The highest BCUT2D eigenvalue weighted by Crippen LogP contribution is 2.59. The molecule has 3 aliphatic carbocycles. The molecule has 282 valence electrons. The van der Waals surface area contributed by atoms with Crippen LogP contribution in [0.5, 0.6) is 11.5 Å². The lowest BCUT2D eigenvalue weighted by Crippen LogP contribution is -2.55. The zero-order valence-corrected chi connectivity index (χ0v) is 32.7. The molecule has 0 saturated heterocycles. The number of hydrogen-bond donors (Lipinski definition) is 3. The van der Waals surface area contributed by atoms with Crippen LogP contribution in [0.15, 0.2) is 78.4 Å². The van der Waals surface area contributed by atoms with Crippen LogP contribution in [0, 0.1) is 5.41 Å². The monoisotopic (exact) mass is 738 g/mol. The van der Waals surface area contributed by atoms with Gasteiger partial charge in [0.25, 0.3) is 0 Å². The standard InChI is InChI=1S/C44H54N2O6S/c1-28(2)45-42(49)46(26-32-15-17-34(51-5)25-38(32)52-6)27-44(50)21-19-37-35-18-14-30(22-33(47)16-13-29(3)10-9-20-43(37,44)4)23-36(35)41(48)40-24-31-11-7-8-12-39(31)53-40/h7-8,10-12,14-15,17-18,23-25,28,33,37,47,50H,9,13,16,19-22,26-27H2,1-6H3,(H,45,49)/t33-,37-,43-,44+/m0/s1. The van der Waals surface area contributed by atoms with Crippen molar-refractivity contribution in [3.8, 4) is 11.5 Å². The Labute approximate surface area is 317 Å². The third-order valence-electron chi connectivity index (χ3n) is 11.6. The molecule has 0 radical (unpaired) electrons. The number of aliphatic hydroxyl groups excluding tert-OH is 1. The number of urea groups is 1. The molecule has 3 aliphatic rings. The molecule has 2 amide bonds. The van der Waals surface area contributed by atoms with E-state index in [1.54, 1.807) is 25.2 Å². The molecule has 7 rings (SSSR count). The molecular weight excluding hydrogens is 685 g/mol. The fourth-order valence-corrected chi connectivity index (χ4v) is 9.48. The number of benzene rings is 3. The lowest BCUT2D eigenvalue weighted by molar-refractivity contribution is -0.0781. The Hall–Kier alpha value is -4.18. The summed E-state index contributed by atoms with van der Waals surface area (Å²) in [5.74, 6) is 1.05. The van der Waals surface area contributed by atoms with Gasteiger partial charge in [-0.3, -0.25) is 4.79 Å². The third-order valence-corrected chi connectivity index (χ3v) is 12.7. The van der Waals surface area contributed by atoms with Gasteiger partial charge in [-0.25, -0.2) is 4.79 Å². The number of aliphatic hydroxyl groups is 2. The van der Waals surface area contributed by atoms with Gasteiger partial charge < -0.3 is 29.9 Å². The predicted molar refractivity (Wildman–Crippen MR) is 212 cm³/mol. The number of nitrogens with zero attached hydrogens (tertiary/aromatic N) is 1. The van der Waals surface area contributed by atoms with Gasteiger partial charge in [0.1, 0.15) is 11.5 Å². The zero-order chi connectivity index (χ0) is 37.9. The minimum Gasteiger partial charge on any atom is -0.497 e. The highest BCUT2D eigenvalue weighted by molar-refractivity contribution is 7.21. The molecule has 53 heavy (non-hydrogen) atoms. The average Bonchev–Trinajstić information content (AvgIpc) is 3.68. The first-order valence-corrected chi connectivity index (χ1v) is 19.6. The molecule has 0 aliphatic heterocycles. The van der Waals surface area contributed by atoms with Crippen molar-refractivity contribution in [1.82, 2.24) is 10.2 Å². The fourth-order valence-electron chi connectivity index (χ4n) is 8.46. The van der Waals surface area contributed by atoms with Crippen LogP contribution in [0.1, 0.15) is 104 Å². The van der Waals surface area contributed by atoms with E-state index in [1.165, 1.54) is 16.9 Å². The fraction of sp³-hybridized carbons (Fsp3) is 0.455. The predicted octanol–water partition coefficient (Wildman–Crippen LogP) is 8.81. The number of nitrogens with one attached hydrogen (secondary N) is 1. The third kappa shape index (κ3) is 8.17. The number of thiophene rings is 1. The largest absolute Gasteiger partial charge is 0.497 e. The summed E-state index contributed by atoms with van der Waals surface area (Å²) in [4.78, 5) is 31.0. The minimum absolute atomic E-state index is 0.0392. The Morgan fingerprint density at radius 2 is 1.81 bits per heavy atom. The molecule has 1 fully saturated rings. The van der Waals surface area contributed by atoms with Gasteiger partial charge >= 0.3 is 6.03 Å². The number of ether oxygens (including phenoxy) is 2. The van der Waals surface area contributed by atoms with Gasteiger partial charge in [-0.2, -0.15) is 0 Å². The van der Waals surface area contributed by atoms with E-state index < -0.39 is 17.1 Å². The number of methoxy groups -OCH3 is 2. The molecule has 4 atom stereocenters. The van der Waals surface area contributed by atoms with Crippen LogP contribution in [-0.4, -0.2) is 65.4 Å². The maximum atomic E-state index is 14.6. The highest BCUT2D eigenvalue weighted by atomic mass is 32.1. The Morgan fingerprint density at radius 1 is 1.02 bits per heavy atom. The summed E-state index contributed by atoms with van der Waals surface area (Å²) in [7, 11) is 3.20. The van der Waals surface area contributed by atoms with Gasteiger partial charge in [-0.05, 0) is 118 Å². The van der Waals surface area contributed by atoms with E-state index in [0.29, 0.717) is 54.0 Å². The lowest BCUT2D eigenvalue weighted by atomic mass is 9.64. The van der Waals surface area contributed by atoms with Crippen molar-refractivity contribution in [2.24, 2.45) is 5.41 Å². The van der Waals surface area contributed by atoms with Crippen molar-refractivity contribution in [2.45, 2.75) is 103 Å². The van der Waals surface area contributed by atoms with Gasteiger partial charge in [0.2, 0.25) is 5.78 Å². The van der Waals surface area contributed by atoms with E-state index in [9.17, 15) is 19.8 Å². The molecule has 0 spiro atoms. The van der Waals surface area contributed by atoms with Crippen LogP contribution >= 0.6 is 11.3 Å². The second kappa shape index (κ2) is 16.0. The lowest BCUT2D eigenvalue weighted by Gasteiger charge is -2.46. The van der Waals surface area contributed by atoms with Crippen molar-refractivity contribution in [1.29, 1.82) is 0 Å². The first-order valence-electron chi connectivity index (χ1n) is 18.8. The van der Waals surface area contributed by atoms with E-state index in [2.05, 4.69) is 31.3 Å². The number of carbonyl (C=O) groups excluding carboxylic acids is 2. The van der Waals surface area contributed by atoms with Gasteiger partial charge in [0.05, 0.1) is 43.9 Å². The van der Waals surface area contributed by atoms with Crippen molar-refractivity contribution >= 4 is 33.2 Å². The zero-order valence-electron chi connectivity index (χ0n) is 31.9. The van der Waals surface area contributed by atoms with Crippen molar-refractivity contribution in [2.75, 3.05) is 20.8 Å². The molecule has 3 N–H and O–H groups in total. The van der Waals surface area contributed by atoms with Crippen LogP contribution in [0.4, 0.5) is 4.79 Å². The molecule has 4 aromatic rings. The molecule has 2 bridgehead atoms. The van der Waals surface area contributed by atoms with E-state index in [4.69, 9.17) is 9.47 Å². The van der Waals surface area contributed by atoms with Crippen molar-refractivity contribution in [3.63, 3.8) is 0 Å². The smallest absolute Gasteiger partial charge is 0.317 e. The number of amides is 2. The van der Waals surface area contributed by atoms with Gasteiger partial charge in [0, 0.05) is 33.4 Å². The SMILES string of the molecule is COc1ccc(CN(C[C@]2(O)CC[C@H]3c4ccc(cc4C(=O)c4cc5ccccc5s4)C[C@@H](O)CCC(C)=CCC[C@@]32C)C(=O)NC(C)C)c(OC)c1. The summed E-state index contributed by atoms with van der Waals surface area (Å²) in [5.41, 5.74) is 2.49. The van der Waals surface area contributed by atoms with Crippen LogP contribution in [-0.2, 0) is 13.0 Å². The molecule has 8 nitrogen and oxygen atoms in total. The van der Waals surface area contributed by atoms with Crippen molar-refractivity contribution in [3.05, 3.63) is 106 Å². The first-order chi connectivity index (χ1) is 25.3. The molecule has 0 unspecified atom stereocenters. The summed E-state index contributed by atoms with van der Waals surface area (Å²) in [5, 5.41) is 28.2. The minimum atomic E-state index is -1.28. The van der Waals surface area contributed by atoms with Gasteiger partial charge in [0.15, 0.2) is 0 Å². The van der Waals surface area contributed by atoms with Crippen LogP contribution in [0.3, 0.4) is 0 Å². The second-order valence-electron chi connectivity index (χ2n) is 15.6. The average molecular weight is 739 g/mol. The summed E-state index contributed by atoms with van der Waals surface area (Å²) < 4.78 is 12.2. The molecule has 1 heterocycles. The number of allylic oxidation sites excluding steroid dienone is 2. The number of rotatable bonds is 9. The van der Waals surface area contributed by atoms with Crippen LogP contribution in [0.25, 0.3) is 10.1 Å². The van der Waals surface area contributed by atoms with E-state index in [-0.39, 0.29) is 36.9 Å². The number of fused-ring (bicyclic) bond motifs is 9. The Balaban J connectivity index is 1.44. The second-order valence-corrected chi connectivity index (χ2v) is 16.6. The highest BCUT2D eigenvalue weighted by Gasteiger charge is 2.57. The van der Waals surface area contributed by atoms with Gasteiger partial charge in [-0.1, -0.05) is 48.9 Å². The first kappa shape index (κ1) is 38.5. The van der Waals surface area contributed by atoms with E-state index in [0.717, 1.165) is 39.6 Å². The number of carbonyl (C=O) groups is 2.